The van der Waals surface area contributed by atoms with Gasteiger partial charge in [-0.2, -0.15) is 13.2 Å². The van der Waals surface area contributed by atoms with Crippen LogP contribution in [0.25, 0.3) is 0 Å². The highest BCUT2D eigenvalue weighted by molar-refractivity contribution is 7.99. The van der Waals surface area contributed by atoms with Crippen molar-refractivity contribution in [2.75, 3.05) is 31.4 Å². The van der Waals surface area contributed by atoms with E-state index in [1.54, 1.807) is 13.8 Å². The largest absolute Gasteiger partial charge is 0.489 e. The summed E-state index contributed by atoms with van der Waals surface area (Å²) in [4.78, 5) is 12.2. The summed E-state index contributed by atoms with van der Waals surface area (Å²) in [6.07, 6.45) is -4.53. The van der Waals surface area contributed by atoms with Gasteiger partial charge in [0.15, 0.2) is 0 Å². The number of nitrogens with zero attached hydrogens (tertiary/aromatic N) is 1. The molecule has 0 aliphatic rings. The predicted molar refractivity (Wildman–Crippen MR) is 99.6 cm³/mol. The minimum absolute atomic E-state index is 0.0335. The number of ether oxygens (including phenoxy) is 2. The van der Waals surface area contributed by atoms with Gasteiger partial charge in [0, 0.05) is 18.4 Å². The van der Waals surface area contributed by atoms with E-state index in [0.29, 0.717) is 11.5 Å². The van der Waals surface area contributed by atoms with Crippen molar-refractivity contribution in [1.82, 2.24) is 5.16 Å². The summed E-state index contributed by atoms with van der Waals surface area (Å²) in [5.41, 5.74) is 0.747. The van der Waals surface area contributed by atoms with Gasteiger partial charge in [-0.25, -0.2) is 0 Å². The van der Waals surface area contributed by atoms with E-state index < -0.39 is 17.6 Å². The molecule has 1 amide bonds. The Bertz CT molecular complexity index is 789. The number of amides is 1. The number of aromatic nitrogens is 1. The van der Waals surface area contributed by atoms with Crippen molar-refractivity contribution in [1.29, 1.82) is 0 Å². The van der Waals surface area contributed by atoms with Gasteiger partial charge in [-0.05, 0) is 32.0 Å². The summed E-state index contributed by atoms with van der Waals surface area (Å²) in [6.45, 7) is 3.99. The number of methoxy groups -OCH3 is 1. The molecule has 0 atom stereocenters. The van der Waals surface area contributed by atoms with Gasteiger partial charge in [-0.3, -0.25) is 4.79 Å². The molecule has 0 unspecified atom stereocenters. The van der Waals surface area contributed by atoms with Crippen LogP contribution in [-0.2, 0) is 21.5 Å². The molecule has 0 saturated heterocycles. The van der Waals surface area contributed by atoms with Crippen LogP contribution >= 0.6 is 11.8 Å². The molecule has 1 aromatic carbocycles. The van der Waals surface area contributed by atoms with Crippen molar-refractivity contribution in [3.05, 3.63) is 40.8 Å². The summed E-state index contributed by atoms with van der Waals surface area (Å²) in [6, 6.07) is 2.95. The van der Waals surface area contributed by atoms with Crippen molar-refractivity contribution >= 4 is 23.4 Å². The molecule has 0 fully saturated rings. The molecule has 10 heteroatoms. The van der Waals surface area contributed by atoms with E-state index in [2.05, 4.69) is 10.5 Å². The lowest BCUT2D eigenvalue weighted by Crippen LogP contribution is -2.17. The Morgan fingerprint density at radius 2 is 2.04 bits per heavy atom. The topological polar surface area (TPSA) is 73.6 Å². The van der Waals surface area contributed by atoms with Crippen LogP contribution in [0, 0.1) is 13.8 Å². The highest BCUT2D eigenvalue weighted by Crippen LogP contribution is 2.35. The molecule has 1 aromatic heterocycles. The van der Waals surface area contributed by atoms with Crippen LogP contribution in [0.2, 0.25) is 0 Å². The van der Waals surface area contributed by atoms with Crippen molar-refractivity contribution in [2.24, 2.45) is 0 Å². The fourth-order valence-corrected chi connectivity index (χ4v) is 3.28. The number of nitrogens with one attached hydrogen (secondary N) is 1. The number of carbonyl (C=O) groups excluding carboxylic acids is 1. The number of rotatable bonds is 9. The number of benzene rings is 1. The van der Waals surface area contributed by atoms with Gasteiger partial charge in [0.05, 0.1) is 29.3 Å². The average Bonchev–Trinajstić information content (AvgIpc) is 2.94. The number of alkyl halides is 3. The van der Waals surface area contributed by atoms with E-state index in [-0.39, 0.29) is 30.4 Å². The van der Waals surface area contributed by atoms with E-state index in [0.717, 1.165) is 23.4 Å². The number of halogens is 3. The molecule has 0 aliphatic heterocycles. The zero-order chi connectivity index (χ0) is 20.7. The van der Waals surface area contributed by atoms with Crippen LogP contribution in [0.5, 0.6) is 5.75 Å². The molecule has 1 N–H and O–H groups in total. The van der Waals surface area contributed by atoms with Gasteiger partial charge in [0.2, 0.25) is 5.91 Å². The minimum Gasteiger partial charge on any atom is -0.489 e. The Hall–Kier alpha value is -2.20. The fourth-order valence-electron chi connectivity index (χ4n) is 2.30. The standard InChI is InChI=1S/C18H21F3N2O4S/c1-11-14(12(2)27-23-11)9-28-10-17(24)22-15-8-13(18(19,20)21)4-5-16(15)26-7-6-25-3/h4-5,8H,6-7,9-10H2,1-3H3,(H,22,24). The Morgan fingerprint density at radius 1 is 1.29 bits per heavy atom. The summed E-state index contributed by atoms with van der Waals surface area (Å²) in [5.74, 6) is 0.950. The highest BCUT2D eigenvalue weighted by Gasteiger charge is 2.31. The molecule has 0 radical (unpaired) electrons. The van der Waals surface area contributed by atoms with Gasteiger partial charge in [0.1, 0.15) is 18.1 Å². The number of anilines is 1. The molecule has 2 rings (SSSR count). The number of hydrogen-bond donors (Lipinski definition) is 1. The molecule has 1 heterocycles. The molecule has 0 saturated carbocycles. The van der Waals surface area contributed by atoms with Crippen LogP contribution in [0.15, 0.2) is 22.7 Å². The zero-order valence-corrected chi connectivity index (χ0v) is 16.5. The van der Waals surface area contributed by atoms with Gasteiger partial charge < -0.3 is 19.3 Å². The molecule has 0 aliphatic carbocycles. The van der Waals surface area contributed by atoms with Crippen molar-refractivity contribution in [3.63, 3.8) is 0 Å². The van der Waals surface area contributed by atoms with Gasteiger partial charge in [-0.1, -0.05) is 5.16 Å². The first-order valence-electron chi connectivity index (χ1n) is 8.34. The Morgan fingerprint density at radius 3 is 2.64 bits per heavy atom. The zero-order valence-electron chi connectivity index (χ0n) is 15.7. The van der Waals surface area contributed by atoms with Crippen LogP contribution in [-0.4, -0.2) is 37.1 Å². The van der Waals surface area contributed by atoms with E-state index in [1.165, 1.54) is 24.9 Å². The van der Waals surface area contributed by atoms with Crippen LogP contribution in [0.1, 0.15) is 22.6 Å². The first-order chi connectivity index (χ1) is 13.2. The Kier molecular flexibility index (Phi) is 7.76. The maximum atomic E-state index is 13.0. The lowest BCUT2D eigenvalue weighted by molar-refractivity contribution is -0.137. The molecule has 154 valence electrons. The van der Waals surface area contributed by atoms with E-state index in [9.17, 15) is 18.0 Å². The molecule has 0 spiro atoms. The van der Waals surface area contributed by atoms with Gasteiger partial charge in [0.25, 0.3) is 0 Å². The summed E-state index contributed by atoms with van der Waals surface area (Å²) < 4.78 is 54.3. The van der Waals surface area contributed by atoms with E-state index in [4.69, 9.17) is 14.0 Å². The molecule has 0 bridgehead atoms. The lowest BCUT2D eigenvalue weighted by atomic mass is 10.1. The van der Waals surface area contributed by atoms with Crippen molar-refractivity contribution in [2.45, 2.75) is 25.8 Å². The van der Waals surface area contributed by atoms with Crippen molar-refractivity contribution in [3.8, 4) is 5.75 Å². The summed E-state index contributed by atoms with van der Waals surface area (Å²) in [7, 11) is 1.48. The normalized spacial score (nSPS) is 11.5. The second-order valence-corrected chi connectivity index (χ2v) is 6.88. The number of aryl methyl sites for hydroxylation is 2. The van der Waals surface area contributed by atoms with Crippen LogP contribution < -0.4 is 10.1 Å². The number of thioether (sulfide) groups is 1. The second kappa shape index (κ2) is 9.83. The minimum atomic E-state index is -4.53. The summed E-state index contributed by atoms with van der Waals surface area (Å²) >= 11 is 1.31. The highest BCUT2D eigenvalue weighted by atomic mass is 32.2. The third-order valence-corrected chi connectivity index (χ3v) is 4.75. The molecule has 28 heavy (non-hydrogen) atoms. The first kappa shape index (κ1) is 22.1. The second-order valence-electron chi connectivity index (χ2n) is 5.89. The van der Waals surface area contributed by atoms with E-state index >= 15 is 0 Å². The lowest BCUT2D eigenvalue weighted by Gasteiger charge is -2.15. The van der Waals surface area contributed by atoms with Crippen LogP contribution in [0.3, 0.4) is 0 Å². The summed E-state index contributed by atoms with van der Waals surface area (Å²) in [5, 5.41) is 6.33. The maximum Gasteiger partial charge on any atom is 0.416 e. The predicted octanol–water partition coefficient (Wildman–Crippen LogP) is 4.21. The number of hydrogen-bond acceptors (Lipinski definition) is 6. The van der Waals surface area contributed by atoms with Crippen molar-refractivity contribution < 1.29 is 32.0 Å². The Labute approximate surface area is 164 Å². The molecule has 2 aromatic rings. The monoisotopic (exact) mass is 418 g/mol. The average molecular weight is 418 g/mol. The molecular formula is C18H21F3N2O4S. The fraction of sp³-hybridized carbons (Fsp3) is 0.444. The first-order valence-corrected chi connectivity index (χ1v) is 9.50. The van der Waals surface area contributed by atoms with E-state index in [1.807, 2.05) is 0 Å². The number of carbonyl (C=O) groups is 1. The SMILES string of the molecule is COCCOc1ccc(C(F)(F)F)cc1NC(=O)CSCc1c(C)noc1C. The third-order valence-electron chi connectivity index (χ3n) is 3.79. The third kappa shape index (κ3) is 6.16. The quantitative estimate of drug-likeness (QED) is 0.615. The smallest absolute Gasteiger partial charge is 0.416 e. The van der Waals surface area contributed by atoms with Gasteiger partial charge >= 0.3 is 6.18 Å². The molecule has 6 nitrogen and oxygen atoms in total. The van der Waals surface area contributed by atoms with Gasteiger partial charge in [-0.15, -0.1) is 11.8 Å². The molecular weight excluding hydrogens is 397 g/mol. The Balaban J connectivity index is 2.03. The van der Waals surface area contributed by atoms with Crippen LogP contribution in [0.4, 0.5) is 18.9 Å². The maximum absolute atomic E-state index is 13.0.